The molecule has 0 amide bonds. The molecule has 0 unspecified atom stereocenters. The first-order chi connectivity index (χ1) is 18.5. The number of aliphatic hydroxyl groups is 1. The van der Waals surface area contributed by atoms with Crippen molar-refractivity contribution in [2.24, 2.45) is 0 Å². The van der Waals surface area contributed by atoms with Gasteiger partial charge in [0.05, 0.1) is 11.8 Å². The Labute approximate surface area is 242 Å². The van der Waals surface area contributed by atoms with Gasteiger partial charge in [-0.25, -0.2) is 0 Å². The smallest absolute Gasteiger partial charge is 0.303 e. The lowest BCUT2D eigenvalue weighted by atomic mass is 9.95. The van der Waals surface area contributed by atoms with Gasteiger partial charge in [-0.05, 0) is 75.9 Å². The van der Waals surface area contributed by atoms with Gasteiger partial charge >= 0.3 is 5.97 Å². The maximum absolute atomic E-state index is 11.0. The number of rotatable bonds is 15. The highest BCUT2D eigenvalue weighted by atomic mass is 35.5. The predicted molar refractivity (Wildman–Crippen MR) is 159 cm³/mol. The minimum atomic E-state index is -0.858. The van der Waals surface area contributed by atoms with E-state index in [1.807, 2.05) is 36.2 Å². The summed E-state index contributed by atoms with van der Waals surface area (Å²) in [6.07, 6.45) is 4.64. The summed E-state index contributed by atoms with van der Waals surface area (Å²) >= 11 is 13.3. The first kappa shape index (κ1) is 31.1. The number of pyridine rings is 1. The topological polar surface area (TPSA) is 85.7 Å². The molecule has 0 aliphatic rings. The third kappa shape index (κ3) is 10.2. The molecule has 2 aromatic carbocycles. The highest BCUT2D eigenvalue weighted by Crippen LogP contribution is 2.33. The molecule has 0 fully saturated rings. The van der Waals surface area contributed by atoms with E-state index in [0.717, 1.165) is 36.0 Å². The van der Waals surface area contributed by atoms with Crippen LogP contribution in [0, 0.1) is 0 Å². The van der Waals surface area contributed by atoms with Crippen LogP contribution >= 0.6 is 23.2 Å². The van der Waals surface area contributed by atoms with Gasteiger partial charge in [0.2, 0.25) is 0 Å². The van der Waals surface area contributed by atoms with Crippen molar-refractivity contribution in [3.05, 3.63) is 87.5 Å². The van der Waals surface area contributed by atoms with Crippen LogP contribution in [-0.2, 0) is 24.2 Å². The van der Waals surface area contributed by atoms with Gasteiger partial charge in [0.1, 0.15) is 0 Å². The first-order valence-corrected chi connectivity index (χ1v) is 14.1. The Morgan fingerprint density at radius 2 is 1.77 bits per heavy atom. The van der Waals surface area contributed by atoms with Crippen LogP contribution in [0.5, 0.6) is 0 Å². The highest BCUT2D eigenvalue weighted by Gasteiger charge is 2.20. The van der Waals surface area contributed by atoms with Crippen molar-refractivity contribution in [1.82, 2.24) is 15.2 Å². The number of carboxylic acids is 1. The summed E-state index contributed by atoms with van der Waals surface area (Å²) in [7, 11) is 1.93. The molecule has 0 saturated carbocycles. The molecule has 0 spiro atoms. The van der Waals surface area contributed by atoms with Gasteiger partial charge in [-0.2, -0.15) is 0 Å². The van der Waals surface area contributed by atoms with E-state index in [0.29, 0.717) is 41.8 Å². The number of nitrogens with zero attached hydrogens (tertiary/aromatic N) is 2. The van der Waals surface area contributed by atoms with Gasteiger partial charge in [-0.15, -0.1) is 0 Å². The van der Waals surface area contributed by atoms with Gasteiger partial charge in [0.25, 0.3) is 0 Å². The Morgan fingerprint density at radius 3 is 2.44 bits per heavy atom. The van der Waals surface area contributed by atoms with Crippen LogP contribution < -0.4 is 5.32 Å². The fraction of sp³-hybridized carbons (Fsp3) is 0.419. The molecular formula is C31H39Cl2N3O3. The number of hydrogen-bond acceptors (Lipinski definition) is 5. The number of carbonyl (C=O) groups is 1. The van der Waals surface area contributed by atoms with Crippen LogP contribution in [0.15, 0.2) is 60.8 Å². The lowest BCUT2D eigenvalue weighted by Crippen LogP contribution is -2.46. The summed E-state index contributed by atoms with van der Waals surface area (Å²) in [4.78, 5) is 17.5. The van der Waals surface area contributed by atoms with E-state index in [-0.39, 0.29) is 12.0 Å². The second-order valence-corrected chi connectivity index (χ2v) is 11.6. The number of aliphatic carboxylic acids is 1. The lowest BCUT2D eigenvalue weighted by molar-refractivity contribution is -0.136. The zero-order valence-corrected chi connectivity index (χ0v) is 24.5. The average Bonchev–Trinajstić information content (AvgIpc) is 2.89. The zero-order valence-electron chi connectivity index (χ0n) is 23.0. The van der Waals surface area contributed by atoms with Crippen molar-refractivity contribution in [3.63, 3.8) is 0 Å². The Morgan fingerprint density at radius 1 is 1.08 bits per heavy atom. The summed E-state index contributed by atoms with van der Waals surface area (Å²) in [6.45, 7) is 5.76. The number of likely N-dealkylation sites (N-methyl/N-ethyl adjacent to an activating group) is 1. The Balaban J connectivity index is 1.53. The fourth-order valence-electron chi connectivity index (χ4n) is 4.65. The molecule has 1 aromatic heterocycles. The molecule has 39 heavy (non-hydrogen) atoms. The van der Waals surface area contributed by atoms with Gasteiger partial charge in [0.15, 0.2) is 0 Å². The number of aromatic nitrogens is 1. The molecule has 0 aliphatic carbocycles. The fourth-order valence-corrected chi connectivity index (χ4v) is 5.26. The molecular weight excluding hydrogens is 533 g/mol. The van der Waals surface area contributed by atoms with Crippen LogP contribution in [0.3, 0.4) is 0 Å². The second-order valence-electron chi connectivity index (χ2n) is 10.8. The molecule has 210 valence electrons. The molecule has 8 heteroatoms. The molecule has 6 nitrogen and oxygen atoms in total. The number of aliphatic hydroxyl groups excluding tert-OH is 1. The summed E-state index contributed by atoms with van der Waals surface area (Å²) in [6, 6.07) is 17.8. The molecule has 0 bridgehead atoms. The van der Waals surface area contributed by atoms with Crippen LogP contribution in [0.25, 0.3) is 11.3 Å². The third-order valence-corrected chi connectivity index (χ3v) is 7.47. The predicted octanol–water partition coefficient (Wildman–Crippen LogP) is 6.26. The monoisotopic (exact) mass is 571 g/mol. The van der Waals surface area contributed by atoms with Crippen molar-refractivity contribution in [3.8, 4) is 11.3 Å². The molecule has 0 radical (unpaired) electrons. The average molecular weight is 573 g/mol. The zero-order chi connectivity index (χ0) is 28.4. The minimum Gasteiger partial charge on any atom is -0.481 e. The summed E-state index contributed by atoms with van der Waals surface area (Å²) < 4.78 is 0. The van der Waals surface area contributed by atoms with Crippen molar-refractivity contribution in [2.75, 3.05) is 20.1 Å². The number of aryl methyl sites for hydroxylation is 2. The number of β-amino-alcohol motifs (C(OH)–C–C–N with tert-alkyl or cyclic N) is 1. The molecule has 3 rings (SSSR count). The summed E-state index contributed by atoms with van der Waals surface area (Å²) in [5, 5.41) is 24.3. The van der Waals surface area contributed by atoms with Crippen LogP contribution in [0.4, 0.5) is 0 Å². The number of nitrogens with one attached hydrogen (secondary N) is 1. The van der Waals surface area contributed by atoms with E-state index in [1.54, 1.807) is 12.3 Å². The molecule has 0 aliphatic heterocycles. The number of hydrogen-bond donors (Lipinski definition) is 3. The van der Waals surface area contributed by atoms with Crippen molar-refractivity contribution < 1.29 is 15.0 Å². The Bertz CT molecular complexity index is 1200. The van der Waals surface area contributed by atoms with E-state index in [2.05, 4.69) is 48.4 Å². The first-order valence-electron chi connectivity index (χ1n) is 13.3. The van der Waals surface area contributed by atoms with Gasteiger partial charge in [-0.3, -0.25) is 14.7 Å². The van der Waals surface area contributed by atoms with Crippen molar-refractivity contribution in [1.29, 1.82) is 0 Å². The van der Waals surface area contributed by atoms with E-state index >= 15 is 0 Å². The standard InChI is InChI=1S/C31H39Cl2N3O3/c1-31(2,15-7-11-22-9-5-4-6-10-22)35-19-25(37)20-36(3)21-26-27(32)17-24(18-28(26)33)30-23(12-8-16-34-30)13-14-29(38)39/h4-6,8-10,12,16-18,25,35,37H,7,11,13-15,19-21H2,1-3H3,(H,38,39)/t25-/m1/s1. The third-order valence-electron chi connectivity index (χ3n) is 6.79. The van der Waals surface area contributed by atoms with Crippen LogP contribution in [0.1, 0.15) is 49.8 Å². The normalized spacial score (nSPS) is 12.6. The van der Waals surface area contributed by atoms with Crippen molar-refractivity contribution in [2.45, 2.75) is 64.1 Å². The van der Waals surface area contributed by atoms with Gasteiger partial charge < -0.3 is 15.5 Å². The number of halogens is 2. The molecule has 0 saturated heterocycles. The number of carboxylic acid groups (broad SMARTS) is 1. The quantitative estimate of drug-likeness (QED) is 0.200. The molecule has 3 N–H and O–H groups in total. The van der Waals surface area contributed by atoms with E-state index in [1.165, 1.54) is 5.56 Å². The van der Waals surface area contributed by atoms with E-state index in [4.69, 9.17) is 28.3 Å². The van der Waals surface area contributed by atoms with Gasteiger partial charge in [0, 0.05) is 59.0 Å². The van der Waals surface area contributed by atoms with Gasteiger partial charge in [-0.1, -0.05) is 59.6 Å². The van der Waals surface area contributed by atoms with Crippen LogP contribution in [-0.4, -0.2) is 57.8 Å². The highest BCUT2D eigenvalue weighted by molar-refractivity contribution is 6.36. The van der Waals surface area contributed by atoms with Crippen molar-refractivity contribution >= 4 is 29.2 Å². The van der Waals surface area contributed by atoms with Crippen LogP contribution in [0.2, 0.25) is 10.0 Å². The molecule has 1 atom stereocenters. The SMILES string of the molecule is CN(Cc1c(Cl)cc(-c2ncccc2CCC(=O)O)cc1Cl)C[C@H](O)CNC(C)(C)CCCc1ccccc1. The largest absolute Gasteiger partial charge is 0.481 e. The maximum Gasteiger partial charge on any atom is 0.303 e. The second kappa shape index (κ2) is 14.8. The lowest BCUT2D eigenvalue weighted by Gasteiger charge is -2.29. The maximum atomic E-state index is 11.0. The Kier molecular flexibility index (Phi) is 11.8. The summed E-state index contributed by atoms with van der Waals surface area (Å²) in [5.74, 6) is -0.858. The van der Waals surface area contributed by atoms with E-state index < -0.39 is 12.1 Å². The Hall–Kier alpha value is -2.48. The minimum absolute atomic E-state index is 0.0189. The van der Waals surface area contributed by atoms with E-state index in [9.17, 15) is 9.90 Å². The molecule has 3 aromatic rings. The number of benzene rings is 2. The molecule has 1 heterocycles. The summed E-state index contributed by atoms with van der Waals surface area (Å²) in [5.41, 5.74) is 4.29.